The highest BCUT2D eigenvalue weighted by Crippen LogP contribution is 2.35. The summed E-state index contributed by atoms with van der Waals surface area (Å²) in [5, 5.41) is 0. The molecule has 0 aromatic heterocycles. The van der Waals surface area contributed by atoms with Crippen LogP contribution in [0.25, 0.3) is 0 Å². The number of rotatable bonds is 2. The Hall–Kier alpha value is -2.98. The highest BCUT2D eigenvalue weighted by molar-refractivity contribution is 6.04. The molecular formula is C16H6F8O3. The van der Waals surface area contributed by atoms with E-state index in [9.17, 15) is 44.7 Å². The van der Waals surface area contributed by atoms with Crippen LogP contribution < -0.4 is 0 Å². The van der Waals surface area contributed by atoms with Gasteiger partial charge in [0.2, 0.25) is 0 Å². The van der Waals surface area contributed by atoms with Crippen molar-refractivity contribution in [1.29, 1.82) is 0 Å². The van der Waals surface area contributed by atoms with Gasteiger partial charge in [0, 0.05) is 0 Å². The second-order valence-corrected chi connectivity index (χ2v) is 5.00. The molecule has 0 saturated carbocycles. The molecular weight excluding hydrogens is 392 g/mol. The van der Waals surface area contributed by atoms with Crippen LogP contribution in [0.4, 0.5) is 35.1 Å². The molecule has 144 valence electrons. The van der Waals surface area contributed by atoms with E-state index < -0.39 is 58.2 Å². The van der Waals surface area contributed by atoms with Crippen molar-refractivity contribution in [2.75, 3.05) is 0 Å². The zero-order valence-corrected chi connectivity index (χ0v) is 12.7. The number of alkyl halides is 6. The summed E-state index contributed by atoms with van der Waals surface area (Å²) >= 11 is 0. The molecule has 0 atom stereocenters. The standard InChI is InChI=1S/C16H6F8O3/c17-9-5-1-3-7(15(19,20)21)11(9)13(25)27-14(26)12-8(16(22,23)24)4-2-6-10(12)18/h1-6H. The predicted molar refractivity (Wildman–Crippen MR) is 72.6 cm³/mol. The summed E-state index contributed by atoms with van der Waals surface area (Å²) in [7, 11) is 0. The zero-order chi connectivity index (χ0) is 20.6. The molecule has 0 aliphatic carbocycles. The number of esters is 2. The SMILES string of the molecule is O=C(OC(=O)c1c(F)cccc1C(F)(F)F)c1c(F)cccc1C(F)(F)F. The fraction of sp³-hybridized carbons (Fsp3) is 0.125. The van der Waals surface area contributed by atoms with Gasteiger partial charge in [-0.15, -0.1) is 0 Å². The molecule has 3 nitrogen and oxygen atoms in total. The molecule has 0 heterocycles. The van der Waals surface area contributed by atoms with E-state index in [2.05, 4.69) is 4.74 Å². The van der Waals surface area contributed by atoms with E-state index in [0.29, 0.717) is 36.4 Å². The van der Waals surface area contributed by atoms with Crippen molar-refractivity contribution in [2.24, 2.45) is 0 Å². The van der Waals surface area contributed by atoms with Crippen molar-refractivity contribution >= 4 is 11.9 Å². The molecule has 0 aliphatic rings. The van der Waals surface area contributed by atoms with Gasteiger partial charge < -0.3 is 4.74 Å². The third-order valence-corrected chi connectivity index (χ3v) is 3.23. The van der Waals surface area contributed by atoms with Crippen molar-refractivity contribution in [3.63, 3.8) is 0 Å². The Morgan fingerprint density at radius 3 is 1.30 bits per heavy atom. The Morgan fingerprint density at radius 2 is 1.00 bits per heavy atom. The van der Waals surface area contributed by atoms with Gasteiger partial charge in [-0.2, -0.15) is 26.3 Å². The van der Waals surface area contributed by atoms with Gasteiger partial charge in [-0.25, -0.2) is 18.4 Å². The van der Waals surface area contributed by atoms with E-state index in [4.69, 9.17) is 0 Å². The summed E-state index contributed by atoms with van der Waals surface area (Å²) in [6.45, 7) is 0. The quantitative estimate of drug-likeness (QED) is 0.406. The lowest BCUT2D eigenvalue weighted by molar-refractivity contribution is -0.138. The number of hydrogen-bond acceptors (Lipinski definition) is 3. The minimum Gasteiger partial charge on any atom is -0.386 e. The Balaban J connectivity index is 2.47. The van der Waals surface area contributed by atoms with Crippen LogP contribution in [-0.2, 0) is 17.1 Å². The lowest BCUT2D eigenvalue weighted by Crippen LogP contribution is -2.22. The molecule has 27 heavy (non-hydrogen) atoms. The van der Waals surface area contributed by atoms with Gasteiger partial charge >= 0.3 is 24.3 Å². The van der Waals surface area contributed by atoms with Crippen LogP contribution in [0, 0.1) is 11.6 Å². The lowest BCUT2D eigenvalue weighted by atomic mass is 10.1. The summed E-state index contributed by atoms with van der Waals surface area (Å²) in [5.74, 6) is -7.90. The molecule has 11 heteroatoms. The van der Waals surface area contributed by atoms with Crippen LogP contribution in [0.3, 0.4) is 0 Å². The van der Waals surface area contributed by atoms with E-state index in [1.165, 1.54) is 0 Å². The highest BCUT2D eigenvalue weighted by Gasteiger charge is 2.40. The number of carbonyl (C=O) groups excluding carboxylic acids is 2. The maximum atomic E-state index is 13.7. The predicted octanol–water partition coefficient (Wildman–Crippen LogP) is 5.00. The summed E-state index contributed by atoms with van der Waals surface area (Å²) in [6.07, 6.45) is -10.5. The fourth-order valence-corrected chi connectivity index (χ4v) is 2.12. The maximum Gasteiger partial charge on any atom is 0.417 e. The first kappa shape index (κ1) is 20.3. The van der Waals surface area contributed by atoms with Gasteiger partial charge in [-0.1, -0.05) is 12.1 Å². The number of carbonyl (C=O) groups is 2. The molecule has 2 aromatic rings. The van der Waals surface area contributed by atoms with Gasteiger partial charge in [-0.3, -0.25) is 0 Å². The summed E-state index contributed by atoms with van der Waals surface area (Å²) in [6, 6.07) is 2.73. The minimum absolute atomic E-state index is 0.300. The monoisotopic (exact) mass is 398 g/mol. The lowest BCUT2D eigenvalue weighted by Gasteiger charge is -2.14. The fourth-order valence-electron chi connectivity index (χ4n) is 2.12. The van der Waals surface area contributed by atoms with Gasteiger partial charge in [0.1, 0.15) is 22.8 Å². The Bertz CT molecular complexity index is 826. The largest absolute Gasteiger partial charge is 0.417 e. The van der Waals surface area contributed by atoms with E-state index >= 15 is 0 Å². The van der Waals surface area contributed by atoms with Crippen molar-refractivity contribution in [3.05, 3.63) is 70.3 Å². The number of hydrogen-bond donors (Lipinski definition) is 0. The van der Waals surface area contributed by atoms with Crippen LogP contribution in [0.5, 0.6) is 0 Å². The molecule has 0 N–H and O–H groups in total. The molecule has 0 fully saturated rings. The summed E-state index contributed by atoms with van der Waals surface area (Å²) in [5.41, 5.74) is -7.07. The molecule has 0 spiro atoms. The van der Waals surface area contributed by atoms with E-state index in [1.54, 1.807) is 0 Å². The first-order chi connectivity index (χ1) is 12.3. The number of halogens is 8. The summed E-state index contributed by atoms with van der Waals surface area (Å²) in [4.78, 5) is 23.6. The second-order valence-electron chi connectivity index (χ2n) is 5.00. The molecule has 0 unspecified atom stereocenters. The molecule has 0 radical (unpaired) electrons. The first-order valence-corrected chi connectivity index (χ1v) is 6.82. The Labute approximate surface area is 145 Å². The highest BCUT2D eigenvalue weighted by atomic mass is 19.4. The summed E-state index contributed by atoms with van der Waals surface area (Å²) < 4.78 is 108. The molecule has 2 rings (SSSR count). The molecule has 0 saturated heterocycles. The van der Waals surface area contributed by atoms with Gasteiger partial charge in [0.15, 0.2) is 0 Å². The van der Waals surface area contributed by atoms with Gasteiger partial charge in [0.05, 0.1) is 11.1 Å². The Morgan fingerprint density at radius 1 is 0.667 bits per heavy atom. The second kappa shape index (κ2) is 6.97. The van der Waals surface area contributed by atoms with E-state index in [-0.39, 0.29) is 0 Å². The van der Waals surface area contributed by atoms with Gasteiger partial charge in [0.25, 0.3) is 0 Å². The molecule has 2 aromatic carbocycles. The third kappa shape index (κ3) is 4.23. The van der Waals surface area contributed by atoms with E-state index in [0.717, 1.165) is 0 Å². The smallest absolute Gasteiger partial charge is 0.386 e. The van der Waals surface area contributed by atoms with Crippen LogP contribution in [-0.4, -0.2) is 11.9 Å². The topological polar surface area (TPSA) is 43.4 Å². The third-order valence-electron chi connectivity index (χ3n) is 3.23. The van der Waals surface area contributed by atoms with Gasteiger partial charge in [-0.05, 0) is 24.3 Å². The zero-order valence-electron chi connectivity index (χ0n) is 12.7. The van der Waals surface area contributed by atoms with Crippen molar-refractivity contribution in [2.45, 2.75) is 12.4 Å². The average molecular weight is 398 g/mol. The van der Waals surface area contributed by atoms with Crippen LogP contribution in [0.2, 0.25) is 0 Å². The van der Waals surface area contributed by atoms with Crippen LogP contribution >= 0.6 is 0 Å². The normalized spacial score (nSPS) is 12.0. The first-order valence-electron chi connectivity index (χ1n) is 6.82. The van der Waals surface area contributed by atoms with Crippen LogP contribution in [0.15, 0.2) is 36.4 Å². The molecule has 0 bridgehead atoms. The Kier molecular flexibility index (Phi) is 5.25. The molecule has 0 aliphatic heterocycles. The van der Waals surface area contributed by atoms with Crippen molar-refractivity contribution < 1.29 is 49.4 Å². The maximum absolute atomic E-state index is 13.7. The van der Waals surface area contributed by atoms with Crippen molar-refractivity contribution in [3.8, 4) is 0 Å². The van der Waals surface area contributed by atoms with Crippen molar-refractivity contribution in [1.82, 2.24) is 0 Å². The minimum atomic E-state index is -5.23. The number of ether oxygens (including phenoxy) is 1. The average Bonchev–Trinajstić information content (AvgIpc) is 2.52. The van der Waals surface area contributed by atoms with Crippen LogP contribution in [0.1, 0.15) is 31.8 Å². The number of benzene rings is 2. The molecule has 0 amide bonds. The van der Waals surface area contributed by atoms with E-state index in [1.807, 2.05) is 0 Å².